The van der Waals surface area contributed by atoms with Crippen LogP contribution < -0.4 is 4.74 Å². The maximum absolute atomic E-state index is 13.7. The lowest BCUT2D eigenvalue weighted by atomic mass is 10.00. The molecule has 2 nitrogen and oxygen atoms in total. The summed E-state index contributed by atoms with van der Waals surface area (Å²) >= 11 is 5.81. The van der Waals surface area contributed by atoms with Crippen molar-refractivity contribution in [2.45, 2.75) is 6.10 Å². The number of aliphatic hydroxyl groups is 1. The molecule has 0 spiro atoms. The van der Waals surface area contributed by atoms with E-state index in [0.29, 0.717) is 17.2 Å². The van der Waals surface area contributed by atoms with E-state index in [9.17, 15) is 18.3 Å². The number of hydrogen-bond acceptors (Lipinski definition) is 2. The van der Waals surface area contributed by atoms with E-state index in [-0.39, 0.29) is 11.3 Å². The second kappa shape index (κ2) is 5.73. The van der Waals surface area contributed by atoms with Crippen LogP contribution in [0.5, 0.6) is 5.75 Å². The van der Waals surface area contributed by atoms with Crippen molar-refractivity contribution in [2.75, 3.05) is 7.11 Å². The zero-order valence-corrected chi connectivity index (χ0v) is 11.1. The van der Waals surface area contributed by atoms with Crippen LogP contribution in [-0.4, -0.2) is 12.2 Å². The van der Waals surface area contributed by atoms with Gasteiger partial charge in [0.15, 0.2) is 11.6 Å². The Bertz CT molecular complexity index is 647. The van der Waals surface area contributed by atoms with Crippen molar-refractivity contribution >= 4 is 11.6 Å². The average molecular weight is 303 g/mol. The Morgan fingerprint density at radius 1 is 1.00 bits per heavy atom. The van der Waals surface area contributed by atoms with Crippen LogP contribution in [0, 0.1) is 17.5 Å². The molecular formula is C14H10ClF3O2. The lowest BCUT2D eigenvalue weighted by molar-refractivity contribution is 0.208. The molecule has 2 aromatic rings. The fourth-order valence-corrected chi connectivity index (χ4v) is 2.01. The molecule has 1 unspecified atom stereocenters. The van der Waals surface area contributed by atoms with Crippen LogP contribution in [0.1, 0.15) is 17.2 Å². The minimum Gasteiger partial charge on any atom is -0.496 e. The van der Waals surface area contributed by atoms with Crippen molar-refractivity contribution in [3.05, 3.63) is 63.9 Å². The third-order valence-corrected chi connectivity index (χ3v) is 3.06. The van der Waals surface area contributed by atoms with Crippen LogP contribution in [0.3, 0.4) is 0 Å². The molecule has 0 aromatic heterocycles. The largest absolute Gasteiger partial charge is 0.496 e. The predicted molar refractivity (Wildman–Crippen MR) is 68.4 cm³/mol. The van der Waals surface area contributed by atoms with E-state index < -0.39 is 29.1 Å². The first-order chi connectivity index (χ1) is 9.43. The van der Waals surface area contributed by atoms with E-state index in [2.05, 4.69) is 0 Å². The van der Waals surface area contributed by atoms with E-state index in [1.807, 2.05) is 0 Å². The number of halogens is 4. The maximum Gasteiger partial charge on any atom is 0.161 e. The molecule has 0 fully saturated rings. The Labute approximate surface area is 118 Å². The smallest absolute Gasteiger partial charge is 0.161 e. The summed E-state index contributed by atoms with van der Waals surface area (Å²) in [6.07, 6.45) is -1.53. The van der Waals surface area contributed by atoms with Crippen molar-refractivity contribution in [3.8, 4) is 5.75 Å². The number of aliphatic hydroxyl groups excluding tert-OH is 1. The van der Waals surface area contributed by atoms with Gasteiger partial charge in [0, 0.05) is 22.2 Å². The summed E-state index contributed by atoms with van der Waals surface area (Å²) in [5.74, 6) is -3.37. The lowest BCUT2D eigenvalue weighted by Crippen LogP contribution is -2.06. The van der Waals surface area contributed by atoms with Gasteiger partial charge in [-0.1, -0.05) is 11.6 Å². The van der Waals surface area contributed by atoms with Gasteiger partial charge in [-0.2, -0.15) is 0 Å². The highest BCUT2D eigenvalue weighted by Gasteiger charge is 2.21. The molecule has 2 rings (SSSR count). The van der Waals surface area contributed by atoms with Crippen molar-refractivity contribution in [1.82, 2.24) is 0 Å². The van der Waals surface area contributed by atoms with E-state index >= 15 is 0 Å². The molecule has 0 saturated heterocycles. The fraction of sp³-hybridized carbons (Fsp3) is 0.143. The Hall–Kier alpha value is -1.72. The van der Waals surface area contributed by atoms with Crippen LogP contribution in [0.25, 0.3) is 0 Å². The quantitative estimate of drug-likeness (QED) is 0.873. The van der Waals surface area contributed by atoms with Crippen molar-refractivity contribution < 1.29 is 23.0 Å². The monoisotopic (exact) mass is 302 g/mol. The molecule has 0 heterocycles. The van der Waals surface area contributed by atoms with Gasteiger partial charge < -0.3 is 9.84 Å². The summed E-state index contributed by atoms with van der Waals surface area (Å²) in [7, 11) is 1.36. The number of benzene rings is 2. The maximum atomic E-state index is 13.7. The van der Waals surface area contributed by atoms with Gasteiger partial charge in [0.05, 0.1) is 7.11 Å². The molecule has 0 saturated carbocycles. The number of methoxy groups -OCH3 is 1. The molecule has 1 atom stereocenters. The summed E-state index contributed by atoms with van der Waals surface area (Å²) in [4.78, 5) is 0. The van der Waals surface area contributed by atoms with Gasteiger partial charge in [-0.3, -0.25) is 0 Å². The van der Waals surface area contributed by atoms with Crippen molar-refractivity contribution in [2.24, 2.45) is 0 Å². The molecular weight excluding hydrogens is 293 g/mol. The first-order valence-electron chi connectivity index (χ1n) is 5.60. The van der Waals surface area contributed by atoms with E-state index in [1.54, 1.807) is 0 Å². The summed E-state index contributed by atoms with van der Waals surface area (Å²) in [5, 5.41) is 10.5. The van der Waals surface area contributed by atoms with Gasteiger partial charge >= 0.3 is 0 Å². The second-order valence-electron chi connectivity index (χ2n) is 4.08. The van der Waals surface area contributed by atoms with Crippen molar-refractivity contribution in [1.29, 1.82) is 0 Å². The molecule has 106 valence electrons. The molecule has 0 radical (unpaired) electrons. The van der Waals surface area contributed by atoms with E-state index in [0.717, 1.165) is 0 Å². The van der Waals surface area contributed by atoms with Crippen LogP contribution >= 0.6 is 11.6 Å². The summed E-state index contributed by atoms with van der Waals surface area (Å²) in [6, 6.07) is 5.36. The SMILES string of the molecule is COc1ccc(Cl)cc1C(O)c1cc(F)c(F)cc1F. The lowest BCUT2D eigenvalue weighted by Gasteiger charge is -2.16. The average Bonchev–Trinajstić information content (AvgIpc) is 2.42. The molecule has 0 amide bonds. The molecule has 0 aliphatic heterocycles. The van der Waals surface area contributed by atoms with Crippen molar-refractivity contribution in [3.63, 3.8) is 0 Å². The summed E-state index contributed by atoms with van der Waals surface area (Å²) in [5.41, 5.74) is -0.241. The predicted octanol–water partition coefficient (Wildman–Crippen LogP) is 3.85. The minimum atomic E-state index is -1.53. The topological polar surface area (TPSA) is 29.5 Å². The Kier molecular flexibility index (Phi) is 4.20. The second-order valence-corrected chi connectivity index (χ2v) is 4.51. The third kappa shape index (κ3) is 2.73. The Balaban J connectivity index is 2.54. The van der Waals surface area contributed by atoms with E-state index in [1.165, 1.54) is 25.3 Å². The van der Waals surface area contributed by atoms with Gasteiger partial charge in [0.25, 0.3) is 0 Å². The highest BCUT2D eigenvalue weighted by molar-refractivity contribution is 6.30. The molecule has 1 N–H and O–H groups in total. The van der Waals surface area contributed by atoms with Crippen LogP contribution in [0.2, 0.25) is 5.02 Å². The Morgan fingerprint density at radius 3 is 2.30 bits per heavy atom. The minimum absolute atomic E-state index is 0.157. The molecule has 0 aliphatic carbocycles. The van der Waals surface area contributed by atoms with E-state index in [4.69, 9.17) is 16.3 Å². The highest BCUT2D eigenvalue weighted by Crippen LogP contribution is 2.33. The zero-order chi connectivity index (χ0) is 14.9. The number of ether oxygens (including phenoxy) is 1. The summed E-state index contributed by atoms with van der Waals surface area (Å²) < 4.78 is 44.8. The third-order valence-electron chi connectivity index (χ3n) is 2.82. The van der Waals surface area contributed by atoms with Gasteiger partial charge in [-0.05, 0) is 24.3 Å². The number of hydrogen-bond donors (Lipinski definition) is 1. The number of rotatable bonds is 3. The zero-order valence-electron chi connectivity index (χ0n) is 10.3. The molecule has 20 heavy (non-hydrogen) atoms. The molecule has 2 aromatic carbocycles. The van der Waals surface area contributed by atoms with Crippen LogP contribution in [0.15, 0.2) is 30.3 Å². The van der Waals surface area contributed by atoms with Gasteiger partial charge in [-0.25, -0.2) is 13.2 Å². The highest BCUT2D eigenvalue weighted by atomic mass is 35.5. The Morgan fingerprint density at radius 2 is 1.65 bits per heavy atom. The fourth-order valence-electron chi connectivity index (χ4n) is 1.83. The first kappa shape index (κ1) is 14.7. The van der Waals surface area contributed by atoms with Gasteiger partial charge in [0.1, 0.15) is 17.7 Å². The van der Waals surface area contributed by atoms with Gasteiger partial charge in [-0.15, -0.1) is 0 Å². The summed E-state index contributed by atoms with van der Waals surface area (Å²) in [6.45, 7) is 0. The normalized spacial score (nSPS) is 12.3. The first-order valence-corrected chi connectivity index (χ1v) is 5.97. The van der Waals surface area contributed by atoms with Crippen LogP contribution in [0.4, 0.5) is 13.2 Å². The molecule has 6 heteroatoms. The van der Waals surface area contributed by atoms with Crippen LogP contribution in [-0.2, 0) is 0 Å². The molecule has 0 aliphatic rings. The van der Waals surface area contributed by atoms with Gasteiger partial charge in [0.2, 0.25) is 0 Å². The molecule has 0 bridgehead atoms. The standard InChI is InChI=1S/C14H10ClF3O2/c1-20-13-3-2-7(15)4-9(13)14(19)8-5-11(17)12(18)6-10(8)16/h2-6,14,19H,1H3.